The first-order chi connectivity index (χ1) is 13.0. The summed E-state index contributed by atoms with van der Waals surface area (Å²) in [7, 11) is 0. The van der Waals surface area contributed by atoms with Crippen LogP contribution in [0.25, 0.3) is 0 Å². The second-order valence-corrected chi connectivity index (χ2v) is 6.86. The molecule has 5 nitrogen and oxygen atoms in total. The number of unbranched alkanes of at least 4 members (excludes halogenated alkanes) is 2. The molecule has 0 fully saturated rings. The van der Waals surface area contributed by atoms with Gasteiger partial charge in [0.05, 0.1) is 19.4 Å². The van der Waals surface area contributed by atoms with E-state index in [1.54, 1.807) is 19.3 Å². The van der Waals surface area contributed by atoms with Crippen LogP contribution in [0.1, 0.15) is 44.2 Å². The molecule has 0 saturated carbocycles. The third kappa shape index (κ3) is 6.59. The first-order valence-electron chi connectivity index (χ1n) is 9.46. The summed E-state index contributed by atoms with van der Waals surface area (Å²) in [5.41, 5.74) is 1.51. The number of carbonyl (C=O) groups is 1. The lowest BCUT2D eigenvalue weighted by atomic mass is 9.95. The van der Waals surface area contributed by atoms with E-state index in [-0.39, 0.29) is 17.5 Å². The van der Waals surface area contributed by atoms with Gasteiger partial charge in [-0.1, -0.05) is 13.0 Å². The molecule has 1 unspecified atom stereocenters. The van der Waals surface area contributed by atoms with Crippen molar-refractivity contribution in [3.8, 4) is 17.2 Å². The average Bonchev–Trinajstić information content (AvgIpc) is 2.67. The lowest BCUT2D eigenvalue weighted by Gasteiger charge is -2.15. The molecule has 0 aliphatic carbocycles. The molecule has 1 heterocycles. The molecular weight excluding hydrogens is 342 g/mol. The maximum absolute atomic E-state index is 11.4. The van der Waals surface area contributed by atoms with Gasteiger partial charge in [0.25, 0.3) is 0 Å². The monoisotopic (exact) mass is 371 g/mol. The van der Waals surface area contributed by atoms with Crippen LogP contribution in [0, 0.1) is 12.8 Å². The Hall–Kier alpha value is -2.56. The van der Waals surface area contributed by atoms with Gasteiger partial charge in [0.1, 0.15) is 23.0 Å². The highest BCUT2D eigenvalue weighted by atomic mass is 16.5. The minimum absolute atomic E-state index is 0.101. The minimum Gasteiger partial charge on any atom is -0.507 e. The summed E-state index contributed by atoms with van der Waals surface area (Å²) < 4.78 is 11.4. The zero-order valence-corrected chi connectivity index (χ0v) is 16.4. The molecule has 0 aliphatic heterocycles. The Balaban J connectivity index is 1.71. The number of phenols is 1. The van der Waals surface area contributed by atoms with E-state index < -0.39 is 0 Å². The first kappa shape index (κ1) is 20.7. The number of phenolic OH excluding ortho intramolecular Hbond substituents is 1. The predicted molar refractivity (Wildman–Crippen MR) is 105 cm³/mol. The van der Waals surface area contributed by atoms with Crippen molar-refractivity contribution in [1.82, 2.24) is 4.98 Å². The number of rotatable bonds is 11. The van der Waals surface area contributed by atoms with Gasteiger partial charge < -0.3 is 14.6 Å². The summed E-state index contributed by atoms with van der Waals surface area (Å²) in [6.07, 6.45) is 6.84. The molecule has 27 heavy (non-hydrogen) atoms. The topological polar surface area (TPSA) is 68.7 Å². The van der Waals surface area contributed by atoms with Gasteiger partial charge in [-0.2, -0.15) is 0 Å². The summed E-state index contributed by atoms with van der Waals surface area (Å²) in [5.74, 6) is 1.73. The fourth-order valence-corrected chi connectivity index (χ4v) is 2.72. The van der Waals surface area contributed by atoms with E-state index in [2.05, 4.69) is 4.98 Å². The number of hydrogen-bond acceptors (Lipinski definition) is 5. The van der Waals surface area contributed by atoms with Crippen LogP contribution < -0.4 is 9.47 Å². The zero-order valence-electron chi connectivity index (χ0n) is 16.4. The van der Waals surface area contributed by atoms with E-state index in [4.69, 9.17) is 9.47 Å². The number of carbonyl (C=O) groups excluding carboxylic acids is 1. The number of ketones is 1. The lowest BCUT2D eigenvalue weighted by molar-refractivity contribution is -0.120. The maximum Gasteiger partial charge on any atom is 0.137 e. The molecule has 0 aliphatic rings. The van der Waals surface area contributed by atoms with E-state index in [0.717, 1.165) is 36.1 Å². The predicted octanol–water partition coefficient (Wildman–Crippen LogP) is 4.49. The van der Waals surface area contributed by atoms with Crippen molar-refractivity contribution < 1.29 is 19.4 Å². The van der Waals surface area contributed by atoms with Crippen molar-refractivity contribution in [2.45, 2.75) is 46.5 Å². The van der Waals surface area contributed by atoms with Crippen molar-refractivity contribution in [2.24, 2.45) is 5.92 Å². The van der Waals surface area contributed by atoms with Gasteiger partial charge in [-0.25, -0.2) is 0 Å². The second kappa shape index (κ2) is 10.6. The number of hydrogen-bond donors (Lipinski definition) is 1. The molecule has 146 valence electrons. The molecule has 0 amide bonds. The van der Waals surface area contributed by atoms with Crippen molar-refractivity contribution in [2.75, 3.05) is 13.2 Å². The number of nitrogens with zero attached hydrogens (tertiary/aromatic N) is 1. The summed E-state index contributed by atoms with van der Waals surface area (Å²) in [4.78, 5) is 15.4. The molecule has 5 heteroatoms. The second-order valence-electron chi connectivity index (χ2n) is 6.86. The molecule has 1 aromatic heterocycles. The van der Waals surface area contributed by atoms with Gasteiger partial charge >= 0.3 is 0 Å². The quantitative estimate of drug-likeness (QED) is 0.589. The fourth-order valence-electron chi connectivity index (χ4n) is 2.72. The van der Waals surface area contributed by atoms with Crippen LogP contribution in [0.4, 0.5) is 0 Å². The van der Waals surface area contributed by atoms with E-state index in [9.17, 15) is 9.90 Å². The third-order valence-corrected chi connectivity index (χ3v) is 4.63. The highest BCUT2D eigenvalue weighted by Gasteiger charge is 2.15. The minimum atomic E-state index is -0.101. The normalized spacial score (nSPS) is 11.8. The molecule has 0 radical (unpaired) electrons. The summed E-state index contributed by atoms with van der Waals surface area (Å²) in [5, 5.41) is 10.4. The van der Waals surface area contributed by atoms with Gasteiger partial charge in [0.2, 0.25) is 0 Å². The van der Waals surface area contributed by atoms with Crippen LogP contribution in [-0.4, -0.2) is 29.1 Å². The summed E-state index contributed by atoms with van der Waals surface area (Å²) in [6, 6.07) is 7.47. The molecule has 0 bridgehead atoms. The molecule has 0 spiro atoms. The molecule has 1 N–H and O–H groups in total. The van der Waals surface area contributed by atoms with Crippen LogP contribution >= 0.6 is 0 Å². The highest BCUT2D eigenvalue weighted by molar-refractivity contribution is 5.78. The highest BCUT2D eigenvalue weighted by Crippen LogP contribution is 2.32. The maximum atomic E-state index is 11.4. The Morgan fingerprint density at radius 1 is 1.15 bits per heavy atom. The van der Waals surface area contributed by atoms with Crippen molar-refractivity contribution >= 4 is 5.78 Å². The number of aromatic hydroxyl groups is 1. The van der Waals surface area contributed by atoms with E-state index >= 15 is 0 Å². The van der Waals surface area contributed by atoms with Gasteiger partial charge in [0.15, 0.2) is 0 Å². The number of ether oxygens (including phenoxy) is 2. The fraction of sp³-hybridized carbons (Fsp3) is 0.455. The number of pyridine rings is 1. The van der Waals surface area contributed by atoms with E-state index in [1.165, 1.54) is 0 Å². The Labute approximate surface area is 161 Å². The number of Topliss-reactive ketones (excluding diaryl/α,β-unsaturated/α-hetero) is 1. The SMILES string of the molecule is CC(=O)C(C)Cc1ccc(OCCCCCOc2cccnc2)c(C)c1O. The average molecular weight is 371 g/mol. The Morgan fingerprint density at radius 3 is 2.56 bits per heavy atom. The van der Waals surface area contributed by atoms with Crippen molar-refractivity contribution in [1.29, 1.82) is 0 Å². The Bertz CT molecular complexity index is 731. The van der Waals surface area contributed by atoms with Gasteiger partial charge in [-0.3, -0.25) is 9.78 Å². The number of aromatic nitrogens is 1. The Kier molecular flexibility index (Phi) is 8.11. The van der Waals surface area contributed by atoms with Gasteiger partial charge in [-0.05, 0) is 63.3 Å². The smallest absolute Gasteiger partial charge is 0.137 e. The van der Waals surface area contributed by atoms with E-state index in [1.807, 2.05) is 38.1 Å². The molecular formula is C22H29NO4. The van der Waals surface area contributed by atoms with Crippen LogP contribution in [0.3, 0.4) is 0 Å². The summed E-state index contributed by atoms with van der Waals surface area (Å²) in [6.45, 7) is 6.55. The van der Waals surface area contributed by atoms with Gasteiger partial charge in [-0.15, -0.1) is 0 Å². The van der Waals surface area contributed by atoms with Gasteiger partial charge in [0, 0.05) is 17.7 Å². The third-order valence-electron chi connectivity index (χ3n) is 4.63. The zero-order chi connectivity index (χ0) is 19.6. The molecule has 1 aromatic carbocycles. The van der Waals surface area contributed by atoms with Crippen molar-refractivity contribution in [3.63, 3.8) is 0 Å². The Morgan fingerprint density at radius 2 is 1.89 bits per heavy atom. The molecule has 2 aromatic rings. The molecule has 2 rings (SSSR count). The first-order valence-corrected chi connectivity index (χ1v) is 9.46. The molecule has 0 saturated heterocycles. The largest absolute Gasteiger partial charge is 0.507 e. The standard InChI is InChI=1S/C22H29NO4/c1-16(18(3)24)14-19-9-10-21(17(2)22(19)25)27-13-6-4-5-12-26-20-8-7-11-23-15-20/h7-11,15-16,25H,4-6,12-14H2,1-3H3. The molecule has 1 atom stereocenters. The number of benzene rings is 1. The lowest BCUT2D eigenvalue weighted by Crippen LogP contribution is -2.10. The van der Waals surface area contributed by atoms with E-state index in [0.29, 0.717) is 25.4 Å². The van der Waals surface area contributed by atoms with Crippen LogP contribution in [0.5, 0.6) is 17.2 Å². The van der Waals surface area contributed by atoms with Crippen LogP contribution in [-0.2, 0) is 11.2 Å². The van der Waals surface area contributed by atoms with Crippen molar-refractivity contribution in [3.05, 3.63) is 47.8 Å². The summed E-state index contributed by atoms with van der Waals surface area (Å²) >= 11 is 0. The van der Waals surface area contributed by atoms with Crippen LogP contribution in [0.15, 0.2) is 36.7 Å². The van der Waals surface area contributed by atoms with Crippen LogP contribution in [0.2, 0.25) is 0 Å².